The summed E-state index contributed by atoms with van der Waals surface area (Å²) in [5.41, 5.74) is 1.31. The minimum absolute atomic E-state index is 0.0163. The van der Waals surface area contributed by atoms with Gasteiger partial charge in [-0.05, 0) is 59.8 Å². The number of hydrogen-bond donors (Lipinski definition) is 0. The molecule has 0 saturated carbocycles. The zero-order chi connectivity index (χ0) is 17.9. The molecule has 3 aromatic rings. The van der Waals surface area contributed by atoms with Crippen molar-refractivity contribution in [1.29, 1.82) is 0 Å². The molecule has 0 radical (unpaired) electrons. The Morgan fingerprint density at radius 2 is 1.88 bits per heavy atom. The average molecular weight is 368 g/mol. The molecular weight excluding hydrogens is 348 g/mol. The number of hydrogen-bond acceptors (Lipinski definition) is 4. The van der Waals surface area contributed by atoms with Gasteiger partial charge >= 0.3 is 6.03 Å². The molecule has 2 aromatic heterocycles. The van der Waals surface area contributed by atoms with Crippen molar-refractivity contribution in [2.24, 2.45) is 0 Å². The zero-order valence-electron chi connectivity index (χ0n) is 14.5. The molecule has 0 aliphatic carbocycles. The van der Waals surface area contributed by atoms with Crippen LogP contribution in [-0.4, -0.2) is 35.8 Å². The standard InChI is InChI=1S/C20H20N2O3S/c1-24-16-4-6-17(7-5-16)25-14-18-19-15(9-13-26-19)8-12-22(18)20(23)21-10-2-3-11-21/h2-7,9-11,13,18H,8,12,14H2,1H3. The number of aromatic nitrogens is 1. The van der Waals surface area contributed by atoms with Gasteiger partial charge < -0.3 is 14.4 Å². The maximum Gasteiger partial charge on any atom is 0.328 e. The largest absolute Gasteiger partial charge is 0.497 e. The van der Waals surface area contributed by atoms with Gasteiger partial charge in [0, 0.05) is 23.8 Å². The Morgan fingerprint density at radius 3 is 2.62 bits per heavy atom. The van der Waals surface area contributed by atoms with E-state index < -0.39 is 0 Å². The second kappa shape index (κ2) is 7.25. The van der Waals surface area contributed by atoms with Gasteiger partial charge in [-0.15, -0.1) is 11.3 Å². The van der Waals surface area contributed by atoms with E-state index in [1.807, 2.05) is 41.3 Å². The van der Waals surface area contributed by atoms with Crippen molar-refractivity contribution in [3.8, 4) is 11.5 Å². The van der Waals surface area contributed by atoms with Crippen LogP contribution in [0.3, 0.4) is 0 Å². The average Bonchev–Trinajstić information content (AvgIpc) is 3.37. The molecule has 0 spiro atoms. The number of ether oxygens (including phenoxy) is 2. The summed E-state index contributed by atoms with van der Waals surface area (Å²) in [6.07, 6.45) is 4.45. The van der Waals surface area contributed by atoms with E-state index in [0.29, 0.717) is 13.2 Å². The van der Waals surface area contributed by atoms with Crippen LogP contribution < -0.4 is 9.47 Å². The number of methoxy groups -OCH3 is 1. The van der Waals surface area contributed by atoms with Crippen LogP contribution in [0.15, 0.2) is 60.2 Å². The summed E-state index contributed by atoms with van der Waals surface area (Å²) < 4.78 is 12.8. The minimum atomic E-state index is -0.0873. The first-order valence-electron chi connectivity index (χ1n) is 8.53. The third-order valence-corrected chi connectivity index (χ3v) is 5.68. The molecule has 134 valence electrons. The maximum absolute atomic E-state index is 12.9. The fourth-order valence-corrected chi connectivity index (χ4v) is 4.29. The molecular formula is C20H20N2O3S. The van der Waals surface area contributed by atoms with Gasteiger partial charge in [0.25, 0.3) is 0 Å². The van der Waals surface area contributed by atoms with Gasteiger partial charge in [-0.25, -0.2) is 4.79 Å². The number of carbonyl (C=O) groups excluding carboxylic acids is 1. The van der Waals surface area contributed by atoms with Crippen LogP contribution in [0, 0.1) is 0 Å². The lowest BCUT2D eigenvalue weighted by atomic mass is 10.0. The number of thiophene rings is 1. The van der Waals surface area contributed by atoms with E-state index in [2.05, 4.69) is 11.4 Å². The highest BCUT2D eigenvalue weighted by Crippen LogP contribution is 2.35. The van der Waals surface area contributed by atoms with E-state index >= 15 is 0 Å². The fraction of sp³-hybridized carbons (Fsp3) is 0.250. The molecule has 1 amide bonds. The van der Waals surface area contributed by atoms with Gasteiger partial charge in [0.1, 0.15) is 24.1 Å². The van der Waals surface area contributed by atoms with Crippen LogP contribution in [0.2, 0.25) is 0 Å². The first-order chi connectivity index (χ1) is 12.8. The molecule has 0 N–H and O–H groups in total. The van der Waals surface area contributed by atoms with E-state index in [-0.39, 0.29) is 12.1 Å². The Kier molecular flexibility index (Phi) is 4.67. The number of benzene rings is 1. The van der Waals surface area contributed by atoms with Crippen molar-refractivity contribution >= 4 is 17.4 Å². The lowest BCUT2D eigenvalue weighted by Crippen LogP contribution is -2.43. The van der Waals surface area contributed by atoms with Gasteiger partial charge in [-0.3, -0.25) is 4.57 Å². The lowest BCUT2D eigenvalue weighted by Gasteiger charge is -2.35. The molecule has 1 aliphatic rings. The van der Waals surface area contributed by atoms with Gasteiger partial charge in [-0.1, -0.05) is 0 Å². The normalized spacial score (nSPS) is 16.2. The van der Waals surface area contributed by atoms with Crippen molar-refractivity contribution in [2.45, 2.75) is 12.5 Å². The molecule has 4 rings (SSSR count). The molecule has 0 fully saturated rings. The number of fused-ring (bicyclic) bond motifs is 1. The van der Waals surface area contributed by atoms with Gasteiger partial charge in [0.05, 0.1) is 7.11 Å². The molecule has 0 bridgehead atoms. The first kappa shape index (κ1) is 16.7. The Labute approximate surface area is 156 Å². The molecule has 5 nitrogen and oxygen atoms in total. The minimum Gasteiger partial charge on any atom is -0.497 e. The smallest absolute Gasteiger partial charge is 0.328 e. The van der Waals surface area contributed by atoms with Gasteiger partial charge in [0.15, 0.2) is 0 Å². The number of nitrogens with zero attached hydrogens (tertiary/aromatic N) is 2. The van der Waals surface area contributed by atoms with E-state index in [9.17, 15) is 4.79 Å². The highest BCUT2D eigenvalue weighted by atomic mass is 32.1. The van der Waals surface area contributed by atoms with Gasteiger partial charge in [-0.2, -0.15) is 0 Å². The molecule has 1 unspecified atom stereocenters. The summed E-state index contributed by atoms with van der Waals surface area (Å²) in [5, 5.41) is 2.09. The van der Waals surface area contributed by atoms with E-state index in [0.717, 1.165) is 17.9 Å². The second-order valence-corrected chi connectivity index (χ2v) is 7.08. The van der Waals surface area contributed by atoms with E-state index in [1.54, 1.807) is 35.4 Å². The van der Waals surface area contributed by atoms with E-state index in [4.69, 9.17) is 9.47 Å². The second-order valence-electron chi connectivity index (χ2n) is 6.13. The predicted octanol–water partition coefficient (Wildman–Crippen LogP) is 4.20. The van der Waals surface area contributed by atoms with Crippen molar-refractivity contribution in [1.82, 2.24) is 9.47 Å². The third-order valence-electron chi connectivity index (χ3n) is 4.62. The van der Waals surface area contributed by atoms with Gasteiger partial charge in [0.2, 0.25) is 0 Å². The van der Waals surface area contributed by atoms with Crippen LogP contribution >= 0.6 is 11.3 Å². The lowest BCUT2D eigenvalue weighted by molar-refractivity contribution is 0.138. The summed E-state index contributed by atoms with van der Waals surface area (Å²) in [6.45, 7) is 1.12. The molecule has 1 aliphatic heterocycles. The Balaban J connectivity index is 1.55. The Bertz CT molecular complexity index is 871. The number of carbonyl (C=O) groups is 1. The SMILES string of the molecule is COc1ccc(OCC2c3sccc3CCN2C(=O)n2cccc2)cc1. The predicted molar refractivity (Wildman–Crippen MR) is 101 cm³/mol. The summed E-state index contributed by atoms with van der Waals surface area (Å²) >= 11 is 1.69. The molecule has 3 heterocycles. The monoisotopic (exact) mass is 368 g/mol. The maximum atomic E-state index is 12.9. The molecule has 1 atom stereocenters. The fourth-order valence-electron chi connectivity index (χ4n) is 3.24. The number of amides is 1. The molecule has 1 aromatic carbocycles. The van der Waals surface area contributed by atoms with Crippen molar-refractivity contribution in [2.75, 3.05) is 20.3 Å². The van der Waals surface area contributed by atoms with Crippen molar-refractivity contribution < 1.29 is 14.3 Å². The summed E-state index contributed by atoms with van der Waals surface area (Å²) in [5.74, 6) is 1.56. The Morgan fingerprint density at radius 1 is 1.15 bits per heavy atom. The van der Waals surface area contributed by atoms with Crippen molar-refractivity contribution in [3.05, 3.63) is 70.7 Å². The molecule has 0 saturated heterocycles. The quantitative estimate of drug-likeness (QED) is 0.693. The van der Waals surface area contributed by atoms with Crippen LogP contribution in [0.25, 0.3) is 0 Å². The van der Waals surface area contributed by atoms with Crippen LogP contribution in [0.1, 0.15) is 16.5 Å². The highest BCUT2D eigenvalue weighted by molar-refractivity contribution is 7.10. The molecule has 26 heavy (non-hydrogen) atoms. The summed E-state index contributed by atoms with van der Waals surface area (Å²) in [4.78, 5) is 16.0. The topological polar surface area (TPSA) is 43.7 Å². The molecule has 6 heteroatoms. The van der Waals surface area contributed by atoms with Crippen molar-refractivity contribution in [3.63, 3.8) is 0 Å². The summed E-state index contributed by atoms with van der Waals surface area (Å²) in [7, 11) is 1.64. The Hall–Kier alpha value is -2.73. The van der Waals surface area contributed by atoms with Crippen LogP contribution in [-0.2, 0) is 6.42 Å². The third kappa shape index (κ3) is 3.20. The highest BCUT2D eigenvalue weighted by Gasteiger charge is 2.33. The zero-order valence-corrected chi connectivity index (χ0v) is 15.3. The number of rotatable bonds is 4. The van der Waals surface area contributed by atoms with E-state index in [1.165, 1.54) is 10.4 Å². The van der Waals surface area contributed by atoms with Crippen LogP contribution in [0.5, 0.6) is 11.5 Å². The van der Waals surface area contributed by atoms with Crippen LogP contribution in [0.4, 0.5) is 4.79 Å². The summed E-state index contributed by atoms with van der Waals surface area (Å²) in [6, 6.07) is 13.3. The first-order valence-corrected chi connectivity index (χ1v) is 9.41.